The third-order valence-corrected chi connectivity index (χ3v) is 4.95. The smallest absolute Gasteiger partial charge is 0.319 e. The average Bonchev–Trinajstić information content (AvgIpc) is 2.53. The van der Waals surface area contributed by atoms with Crippen LogP contribution in [0.25, 0.3) is 0 Å². The molecule has 2 unspecified atom stereocenters. The lowest BCUT2D eigenvalue weighted by molar-refractivity contribution is 0.101. The zero-order valence-electron chi connectivity index (χ0n) is 13.1. The molecule has 2 amide bonds. The number of carbonyl (C=O) groups is 1. The topological polar surface area (TPSA) is 61.4 Å². The molecule has 0 aromatic heterocycles. The molecule has 0 heterocycles. The average molecular weight is 302 g/mol. The Balaban J connectivity index is 1.53. The van der Waals surface area contributed by atoms with E-state index in [9.17, 15) is 9.90 Å². The summed E-state index contributed by atoms with van der Waals surface area (Å²) in [4.78, 5) is 12.1. The lowest BCUT2D eigenvalue weighted by atomic mass is 9.87. The number of nitrogens with one attached hydrogen (secondary N) is 2. The fourth-order valence-electron chi connectivity index (χ4n) is 3.75. The molecule has 1 aromatic rings. The fraction of sp³-hybridized carbons (Fsp3) is 0.611. The maximum atomic E-state index is 12.1. The summed E-state index contributed by atoms with van der Waals surface area (Å²) in [7, 11) is 0. The van der Waals surface area contributed by atoms with Crippen LogP contribution in [0.3, 0.4) is 0 Å². The quantitative estimate of drug-likeness (QED) is 0.802. The number of aliphatic hydroxyl groups excluding tert-OH is 1. The number of hydrogen-bond donors (Lipinski definition) is 3. The van der Waals surface area contributed by atoms with Crippen LogP contribution in [0, 0.1) is 5.92 Å². The fourth-order valence-corrected chi connectivity index (χ4v) is 3.75. The Morgan fingerprint density at radius 1 is 1.18 bits per heavy atom. The number of hydrogen-bond acceptors (Lipinski definition) is 2. The van der Waals surface area contributed by atoms with E-state index in [0.717, 1.165) is 44.2 Å². The minimum atomic E-state index is -0.190. The summed E-state index contributed by atoms with van der Waals surface area (Å²) in [6.07, 6.45) is 8.29. The van der Waals surface area contributed by atoms with Gasteiger partial charge in [0, 0.05) is 12.2 Å². The van der Waals surface area contributed by atoms with Crippen molar-refractivity contribution < 1.29 is 9.90 Å². The molecular weight excluding hydrogens is 276 g/mol. The monoisotopic (exact) mass is 302 g/mol. The molecular formula is C18H26N2O2. The second-order valence-electron chi connectivity index (χ2n) is 6.67. The van der Waals surface area contributed by atoms with Crippen molar-refractivity contribution >= 4 is 11.7 Å². The number of urea groups is 1. The normalized spacial score (nSPS) is 24.4. The number of rotatable bonds is 3. The maximum Gasteiger partial charge on any atom is 0.319 e. The van der Waals surface area contributed by atoms with Crippen molar-refractivity contribution in [1.29, 1.82) is 0 Å². The number of anilines is 1. The minimum absolute atomic E-state index is 0.126. The van der Waals surface area contributed by atoms with Gasteiger partial charge in [0.1, 0.15) is 0 Å². The third kappa shape index (κ3) is 3.80. The van der Waals surface area contributed by atoms with E-state index in [4.69, 9.17) is 0 Å². The Morgan fingerprint density at radius 2 is 2.05 bits per heavy atom. The standard InChI is InChI=1S/C18H26N2O2/c21-15-8-3-5-13(11-15)12-19-18(22)20-17-10-4-7-14-6-1-2-9-16(14)17/h4,7,10,13,15,21H,1-3,5-6,8-9,11-12H2,(H2,19,20,22). The summed E-state index contributed by atoms with van der Waals surface area (Å²) in [6.45, 7) is 0.651. The van der Waals surface area contributed by atoms with Gasteiger partial charge in [0.15, 0.2) is 0 Å². The van der Waals surface area contributed by atoms with E-state index < -0.39 is 0 Å². The van der Waals surface area contributed by atoms with Crippen LogP contribution in [0.15, 0.2) is 18.2 Å². The number of aryl methyl sites for hydroxylation is 1. The van der Waals surface area contributed by atoms with Crippen LogP contribution in [0.4, 0.5) is 10.5 Å². The summed E-state index contributed by atoms with van der Waals surface area (Å²) in [6, 6.07) is 6.06. The lowest BCUT2D eigenvalue weighted by Crippen LogP contribution is -2.35. The molecule has 1 aromatic carbocycles. The lowest BCUT2D eigenvalue weighted by Gasteiger charge is -2.26. The van der Waals surface area contributed by atoms with E-state index in [0.29, 0.717) is 12.5 Å². The second-order valence-corrected chi connectivity index (χ2v) is 6.67. The molecule has 3 N–H and O–H groups in total. The molecule has 1 fully saturated rings. The highest BCUT2D eigenvalue weighted by atomic mass is 16.3. The first-order valence-corrected chi connectivity index (χ1v) is 8.56. The van der Waals surface area contributed by atoms with Crippen molar-refractivity contribution in [3.05, 3.63) is 29.3 Å². The predicted molar refractivity (Wildman–Crippen MR) is 88.1 cm³/mol. The van der Waals surface area contributed by atoms with Crippen LogP contribution in [0.1, 0.15) is 49.7 Å². The Morgan fingerprint density at radius 3 is 2.91 bits per heavy atom. The predicted octanol–water partition coefficient (Wildman–Crippen LogP) is 3.24. The maximum absolute atomic E-state index is 12.1. The molecule has 0 aliphatic heterocycles. The van der Waals surface area contributed by atoms with Gasteiger partial charge in [-0.2, -0.15) is 0 Å². The molecule has 0 saturated heterocycles. The van der Waals surface area contributed by atoms with Gasteiger partial charge in [-0.1, -0.05) is 18.6 Å². The van der Waals surface area contributed by atoms with Crippen molar-refractivity contribution in [2.24, 2.45) is 5.92 Å². The highest BCUT2D eigenvalue weighted by Gasteiger charge is 2.21. The molecule has 0 radical (unpaired) electrons. The van der Waals surface area contributed by atoms with E-state index in [1.165, 1.54) is 24.0 Å². The zero-order valence-corrected chi connectivity index (χ0v) is 13.1. The van der Waals surface area contributed by atoms with Crippen molar-refractivity contribution in [2.75, 3.05) is 11.9 Å². The van der Waals surface area contributed by atoms with Gasteiger partial charge in [0.05, 0.1) is 6.10 Å². The summed E-state index contributed by atoms with van der Waals surface area (Å²) in [5.41, 5.74) is 3.63. The molecule has 0 bridgehead atoms. The van der Waals surface area contributed by atoms with Crippen LogP contribution in [-0.2, 0) is 12.8 Å². The first kappa shape index (κ1) is 15.3. The van der Waals surface area contributed by atoms with E-state index in [-0.39, 0.29) is 12.1 Å². The Bertz CT molecular complexity index is 530. The first-order chi connectivity index (χ1) is 10.7. The molecule has 2 aliphatic rings. The van der Waals surface area contributed by atoms with Gasteiger partial charge in [0.25, 0.3) is 0 Å². The number of amides is 2. The molecule has 0 spiro atoms. The van der Waals surface area contributed by atoms with Crippen LogP contribution >= 0.6 is 0 Å². The Labute approximate surface area is 132 Å². The molecule has 4 heteroatoms. The molecule has 120 valence electrons. The number of carbonyl (C=O) groups excluding carboxylic acids is 1. The molecule has 4 nitrogen and oxygen atoms in total. The summed E-state index contributed by atoms with van der Waals surface area (Å²) in [5, 5.41) is 15.7. The van der Waals surface area contributed by atoms with Crippen molar-refractivity contribution in [2.45, 2.75) is 57.5 Å². The van der Waals surface area contributed by atoms with Crippen LogP contribution < -0.4 is 10.6 Å². The third-order valence-electron chi connectivity index (χ3n) is 4.95. The molecule has 1 saturated carbocycles. The largest absolute Gasteiger partial charge is 0.393 e. The number of fused-ring (bicyclic) bond motifs is 1. The number of aliphatic hydroxyl groups is 1. The van der Waals surface area contributed by atoms with Crippen molar-refractivity contribution in [3.8, 4) is 0 Å². The van der Waals surface area contributed by atoms with Gasteiger partial charge < -0.3 is 15.7 Å². The summed E-state index contributed by atoms with van der Waals surface area (Å²) >= 11 is 0. The van der Waals surface area contributed by atoms with Crippen molar-refractivity contribution in [1.82, 2.24) is 5.32 Å². The molecule has 22 heavy (non-hydrogen) atoms. The van der Waals surface area contributed by atoms with E-state index in [2.05, 4.69) is 16.7 Å². The van der Waals surface area contributed by atoms with Gasteiger partial charge in [-0.3, -0.25) is 0 Å². The molecule has 2 aliphatic carbocycles. The van der Waals surface area contributed by atoms with Gasteiger partial charge in [-0.15, -0.1) is 0 Å². The zero-order chi connectivity index (χ0) is 15.4. The van der Waals surface area contributed by atoms with Gasteiger partial charge in [-0.05, 0) is 68.1 Å². The van der Waals surface area contributed by atoms with E-state index in [1.54, 1.807) is 0 Å². The van der Waals surface area contributed by atoms with Crippen LogP contribution in [0.2, 0.25) is 0 Å². The van der Waals surface area contributed by atoms with Crippen LogP contribution in [-0.4, -0.2) is 23.8 Å². The van der Waals surface area contributed by atoms with E-state index in [1.807, 2.05) is 12.1 Å². The SMILES string of the molecule is O=C(NCC1CCCC(O)C1)Nc1cccc2c1CCCC2. The van der Waals surface area contributed by atoms with Crippen LogP contribution in [0.5, 0.6) is 0 Å². The van der Waals surface area contributed by atoms with Gasteiger partial charge in [0.2, 0.25) is 0 Å². The number of benzene rings is 1. The summed E-state index contributed by atoms with van der Waals surface area (Å²) in [5.74, 6) is 0.402. The second kappa shape index (κ2) is 7.14. The summed E-state index contributed by atoms with van der Waals surface area (Å²) < 4.78 is 0. The highest BCUT2D eigenvalue weighted by molar-refractivity contribution is 5.90. The minimum Gasteiger partial charge on any atom is -0.393 e. The Kier molecular flexibility index (Phi) is 4.98. The molecule has 3 rings (SSSR count). The van der Waals surface area contributed by atoms with E-state index >= 15 is 0 Å². The Hall–Kier alpha value is -1.55. The van der Waals surface area contributed by atoms with Crippen molar-refractivity contribution in [3.63, 3.8) is 0 Å². The van der Waals surface area contributed by atoms with Gasteiger partial charge in [-0.25, -0.2) is 4.79 Å². The van der Waals surface area contributed by atoms with Gasteiger partial charge >= 0.3 is 6.03 Å². The molecule has 2 atom stereocenters. The highest BCUT2D eigenvalue weighted by Crippen LogP contribution is 2.28. The first-order valence-electron chi connectivity index (χ1n) is 8.56.